The minimum Gasteiger partial charge on any atom is -0.462 e. The van der Waals surface area contributed by atoms with Gasteiger partial charge >= 0.3 is 5.97 Å². The van der Waals surface area contributed by atoms with E-state index in [-0.39, 0.29) is 17.8 Å². The Labute approximate surface area is 140 Å². The number of ether oxygens (including phenoxy) is 1. The van der Waals surface area contributed by atoms with Crippen LogP contribution in [0, 0.1) is 19.8 Å². The summed E-state index contributed by atoms with van der Waals surface area (Å²) in [7, 11) is 0. The van der Waals surface area contributed by atoms with Crippen molar-refractivity contribution >= 4 is 17.6 Å². The van der Waals surface area contributed by atoms with Gasteiger partial charge in [0, 0.05) is 23.7 Å². The molecule has 1 aliphatic carbocycles. The highest BCUT2D eigenvalue weighted by atomic mass is 16.5. The maximum Gasteiger partial charge on any atom is 0.338 e. The molecule has 0 atom stereocenters. The van der Waals surface area contributed by atoms with Crippen LogP contribution < -0.4 is 5.32 Å². The number of aryl methyl sites for hydroxylation is 2. The summed E-state index contributed by atoms with van der Waals surface area (Å²) in [5.41, 5.74) is 4.19. The smallest absolute Gasteiger partial charge is 0.338 e. The van der Waals surface area contributed by atoms with Gasteiger partial charge in [0.05, 0.1) is 17.9 Å². The second-order valence-electron chi connectivity index (χ2n) is 6.14. The van der Waals surface area contributed by atoms with Gasteiger partial charge in [-0.3, -0.25) is 9.89 Å². The van der Waals surface area contributed by atoms with Crippen LogP contribution in [0.2, 0.25) is 0 Å². The number of H-pyrrole nitrogens is 1. The standard InChI is InChI=1S/C18H21N3O3/c1-11-16(12(2)21-20-11)9-10-24-18(23)14-5-7-15(8-6-14)19-17(22)13-3-4-13/h5-8,13H,3-4,9-10H2,1-2H3,(H,19,22)(H,20,21). The molecule has 1 heterocycles. The van der Waals surface area contributed by atoms with Crippen LogP contribution in [-0.2, 0) is 16.0 Å². The van der Waals surface area contributed by atoms with Crippen LogP contribution in [0.1, 0.15) is 40.2 Å². The lowest BCUT2D eigenvalue weighted by molar-refractivity contribution is -0.117. The van der Waals surface area contributed by atoms with Crippen molar-refractivity contribution in [1.29, 1.82) is 0 Å². The van der Waals surface area contributed by atoms with E-state index >= 15 is 0 Å². The van der Waals surface area contributed by atoms with Gasteiger partial charge in [0.1, 0.15) is 0 Å². The molecule has 1 saturated carbocycles. The average molecular weight is 327 g/mol. The second-order valence-corrected chi connectivity index (χ2v) is 6.14. The number of esters is 1. The molecule has 2 N–H and O–H groups in total. The normalized spacial score (nSPS) is 13.6. The molecule has 24 heavy (non-hydrogen) atoms. The Hall–Kier alpha value is -2.63. The zero-order valence-electron chi connectivity index (χ0n) is 13.9. The first-order chi connectivity index (χ1) is 11.5. The summed E-state index contributed by atoms with van der Waals surface area (Å²) < 4.78 is 5.31. The number of nitrogens with zero attached hydrogens (tertiary/aromatic N) is 1. The van der Waals surface area contributed by atoms with E-state index in [9.17, 15) is 9.59 Å². The lowest BCUT2D eigenvalue weighted by Gasteiger charge is -2.07. The lowest BCUT2D eigenvalue weighted by atomic mass is 10.1. The monoisotopic (exact) mass is 327 g/mol. The third-order valence-electron chi connectivity index (χ3n) is 4.20. The number of hydrogen-bond acceptors (Lipinski definition) is 4. The zero-order valence-corrected chi connectivity index (χ0v) is 13.9. The van der Waals surface area contributed by atoms with Crippen molar-refractivity contribution in [2.75, 3.05) is 11.9 Å². The van der Waals surface area contributed by atoms with E-state index in [0.717, 1.165) is 29.8 Å². The van der Waals surface area contributed by atoms with Crippen molar-refractivity contribution in [3.05, 3.63) is 46.8 Å². The summed E-state index contributed by atoms with van der Waals surface area (Å²) in [4.78, 5) is 23.8. The largest absolute Gasteiger partial charge is 0.462 e. The van der Waals surface area contributed by atoms with Gasteiger partial charge in [-0.25, -0.2) is 4.79 Å². The van der Waals surface area contributed by atoms with Crippen molar-refractivity contribution < 1.29 is 14.3 Å². The highest BCUT2D eigenvalue weighted by molar-refractivity contribution is 5.95. The van der Waals surface area contributed by atoms with Gasteiger partial charge in [-0.05, 0) is 56.5 Å². The fourth-order valence-electron chi connectivity index (χ4n) is 2.55. The quantitative estimate of drug-likeness (QED) is 0.799. The lowest BCUT2D eigenvalue weighted by Crippen LogP contribution is -2.13. The van der Waals surface area contributed by atoms with Crippen LogP contribution in [0.15, 0.2) is 24.3 Å². The number of benzene rings is 1. The zero-order chi connectivity index (χ0) is 17.1. The second kappa shape index (κ2) is 6.86. The molecule has 1 aliphatic rings. The van der Waals surface area contributed by atoms with Gasteiger partial charge in [0.25, 0.3) is 0 Å². The topological polar surface area (TPSA) is 84.1 Å². The predicted octanol–water partition coefficient (Wildman–Crippen LogP) is 2.77. The third-order valence-corrected chi connectivity index (χ3v) is 4.20. The minimum absolute atomic E-state index is 0.0520. The first-order valence-electron chi connectivity index (χ1n) is 8.13. The first kappa shape index (κ1) is 16.2. The predicted molar refractivity (Wildman–Crippen MR) is 89.8 cm³/mol. The Morgan fingerprint density at radius 3 is 2.54 bits per heavy atom. The molecule has 0 saturated heterocycles. The Morgan fingerprint density at radius 1 is 1.25 bits per heavy atom. The van der Waals surface area contributed by atoms with Crippen LogP contribution in [-0.4, -0.2) is 28.7 Å². The summed E-state index contributed by atoms with van der Waals surface area (Å²) in [6, 6.07) is 6.78. The molecule has 1 aromatic carbocycles. The molecule has 0 spiro atoms. The summed E-state index contributed by atoms with van der Waals surface area (Å²) in [6.07, 6.45) is 2.56. The van der Waals surface area contributed by atoms with E-state index in [1.807, 2.05) is 13.8 Å². The molecule has 1 amide bonds. The highest BCUT2D eigenvalue weighted by Crippen LogP contribution is 2.30. The molecule has 3 rings (SSSR count). The summed E-state index contributed by atoms with van der Waals surface area (Å²) in [5.74, 6) is -0.158. The van der Waals surface area contributed by atoms with Gasteiger partial charge in [-0.1, -0.05) is 0 Å². The van der Waals surface area contributed by atoms with Crippen molar-refractivity contribution in [2.24, 2.45) is 5.92 Å². The molecular formula is C18H21N3O3. The van der Waals surface area contributed by atoms with E-state index in [0.29, 0.717) is 24.3 Å². The number of carbonyl (C=O) groups is 2. The van der Waals surface area contributed by atoms with Crippen LogP contribution in [0.5, 0.6) is 0 Å². The molecular weight excluding hydrogens is 306 g/mol. The number of amides is 1. The molecule has 1 aromatic heterocycles. The summed E-state index contributed by atoms with van der Waals surface area (Å²) in [5, 5.41) is 9.88. The van der Waals surface area contributed by atoms with Crippen molar-refractivity contribution in [1.82, 2.24) is 10.2 Å². The maximum absolute atomic E-state index is 12.1. The number of aromatic amines is 1. The van der Waals surface area contributed by atoms with E-state index in [4.69, 9.17) is 4.74 Å². The molecule has 0 radical (unpaired) electrons. The van der Waals surface area contributed by atoms with Gasteiger partial charge in [-0.2, -0.15) is 5.10 Å². The van der Waals surface area contributed by atoms with Gasteiger partial charge in [-0.15, -0.1) is 0 Å². The Morgan fingerprint density at radius 2 is 1.96 bits per heavy atom. The van der Waals surface area contributed by atoms with Crippen molar-refractivity contribution in [3.63, 3.8) is 0 Å². The number of anilines is 1. The van der Waals surface area contributed by atoms with Gasteiger partial charge < -0.3 is 10.1 Å². The number of nitrogens with one attached hydrogen (secondary N) is 2. The fraction of sp³-hybridized carbons (Fsp3) is 0.389. The molecule has 1 fully saturated rings. The van der Waals surface area contributed by atoms with Gasteiger partial charge in [0.15, 0.2) is 0 Å². The average Bonchev–Trinajstić information content (AvgIpc) is 3.37. The Bertz CT molecular complexity index is 726. The highest BCUT2D eigenvalue weighted by Gasteiger charge is 2.29. The van der Waals surface area contributed by atoms with Crippen molar-refractivity contribution in [3.8, 4) is 0 Å². The van der Waals surface area contributed by atoms with Gasteiger partial charge in [0.2, 0.25) is 5.91 Å². The van der Waals surface area contributed by atoms with Crippen LogP contribution in [0.3, 0.4) is 0 Å². The van der Waals surface area contributed by atoms with E-state index in [1.165, 1.54) is 0 Å². The molecule has 126 valence electrons. The van der Waals surface area contributed by atoms with Crippen molar-refractivity contribution in [2.45, 2.75) is 33.1 Å². The molecule has 6 heteroatoms. The summed E-state index contributed by atoms with van der Waals surface area (Å²) >= 11 is 0. The Kier molecular flexibility index (Phi) is 4.64. The summed E-state index contributed by atoms with van der Waals surface area (Å²) in [6.45, 7) is 4.18. The first-order valence-corrected chi connectivity index (χ1v) is 8.13. The van der Waals surface area contributed by atoms with Crippen LogP contribution in [0.25, 0.3) is 0 Å². The minimum atomic E-state index is -0.367. The van der Waals surface area contributed by atoms with Crippen LogP contribution in [0.4, 0.5) is 5.69 Å². The maximum atomic E-state index is 12.1. The van der Waals surface area contributed by atoms with E-state index < -0.39 is 0 Å². The van der Waals surface area contributed by atoms with Crippen LogP contribution >= 0.6 is 0 Å². The fourth-order valence-corrected chi connectivity index (χ4v) is 2.55. The molecule has 2 aromatic rings. The SMILES string of the molecule is Cc1n[nH]c(C)c1CCOC(=O)c1ccc(NC(=O)C2CC2)cc1. The number of hydrogen-bond donors (Lipinski definition) is 2. The molecule has 0 aliphatic heterocycles. The van der Waals surface area contributed by atoms with E-state index in [2.05, 4.69) is 15.5 Å². The number of aromatic nitrogens is 2. The molecule has 0 unspecified atom stereocenters. The van der Waals surface area contributed by atoms with E-state index in [1.54, 1.807) is 24.3 Å². The number of carbonyl (C=O) groups excluding carboxylic acids is 2. The third kappa shape index (κ3) is 3.82. The molecule has 0 bridgehead atoms. The Balaban J connectivity index is 1.50. The molecule has 6 nitrogen and oxygen atoms in total. The number of rotatable bonds is 6.